The Morgan fingerprint density at radius 2 is 1.90 bits per heavy atom. The molecule has 0 aromatic heterocycles. The Bertz CT molecular complexity index is 264. The number of nitrogens with one attached hydrogen (secondary N) is 1. The van der Waals surface area contributed by atoms with E-state index in [1.165, 1.54) is 51.4 Å². The normalized spacial score (nSPS) is 28.5. The molecule has 0 saturated heterocycles. The van der Waals surface area contributed by atoms with Gasteiger partial charge in [0.15, 0.2) is 0 Å². The van der Waals surface area contributed by atoms with E-state index in [1.807, 2.05) is 0 Å². The number of hydrogen-bond acceptors (Lipinski definition) is 3. The largest absolute Gasteiger partial charge is 0.380 e. The lowest BCUT2D eigenvalue weighted by Crippen LogP contribution is -2.64. The van der Waals surface area contributed by atoms with E-state index in [1.54, 1.807) is 0 Å². The summed E-state index contributed by atoms with van der Waals surface area (Å²) < 4.78 is 11.6. The highest BCUT2D eigenvalue weighted by Crippen LogP contribution is 2.53. The second kappa shape index (κ2) is 8.35. The summed E-state index contributed by atoms with van der Waals surface area (Å²) in [5.74, 6) is 0. The highest BCUT2D eigenvalue weighted by molar-refractivity contribution is 5.08. The molecular formula is C17H33NO2. The number of unbranched alkanes of at least 4 members (excludes halogenated alkanes) is 1. The van der Waals surface area contributed by atoms with Crippen LogP contribution in [-0.2, 0) is 9.47 Å². The molecule has 0 aromatic rings. The Labute approximate surface area is 124 Å². The Hall–Kier alpha value is -0.120. The topological polar surface area (TPSA) is 30.5 Å². The maximum absolute atomic E-state index is 5.99. The minimum Gasteiger partial charge on any atom is -0.380 e. The minimum atomic E-state index is 0.442. The van der Waals surface area contributed by atoms with Gasteiger partial charge in [-0.3, -0.25) is 0 Å². The zero-order valence-electron chi connectivity index (χ0n) is 13.5. The van der Waals surface area contributed by atoms with Crippen LogP contribution in [0.3, 0.4) is 0 Å². The van der Waals surface area contributed by atoms with Gasteiger partial charge in [-0.2, -0.15) is 0 Å². The van der Waals surface area contributed by atoms with Gasteiger partial charge in [0.25, 0.3) is 0 Å². The molecule has 0 heterocycles. The van der Waals surface area contributed by atoms with Crippen LogP contribution in [-0.4, -0.2) is 38.5 Å². The fourth-order valence-electron chi connectivity index (χ4n) is 4.00. The average molecular weight is 283 g/mol. The molecule has 1 spiro atoms. The van der Waals surface area contributed by atoms with E-state index in [-0.39, 0.29) is 0 Å². The molecule has 0 bridgehead atoms. The van der Waals surface area contributed by atoms with Gasteiger partial charge >= 0.3 is 0 Å². The third kappa shape index (κ3) is 3.75. The summed E-state index contributed by atoms with van der Waals surface area (Å²) in [7, 11) is 0. The molecule has 0 radical (unpaired) electrons. The van der Waals surface area contributed by atoms with Gasteiger partial charge in [-0.05, 0) is 32.6 Å². The number of rotatable bonds is 9. The Balaban J connectivity index is 1.71. The van der Waals surface area contributed by atoms with Crippen molar-refractivity contribution in [2.45, 2.75) is 77.4 Å². The molecule has 2 fully saturated rings. The molecule has 2 rings (SSSR count). The molecule has 3 nitrogen and oxygen atoms in total. The van der Waals surface area contributed by atoms with Crippen molar-refractivity contribution >= 4 is 0 Å². The highest BCUT2D eigenvalue weighted by atomic mass is 16.5. The highest BCUT2D eigenvalue weighted by Gasteiger charge is 2.55. The second-order valence-corrected chi connectivity index (χ2v) is 6.45. The first-order valence-electron chi connectivity index (χ1n) is 8.76. The summed E-state index contributed by atoms with van der Waals surface area (Å²) in [5, 5.41) is 3.74. The van der Waals surface area contributed by atoms with Crippen LogP contribution in [0.15, 0.2) is 0 Å². The van der Waals surface area contributed by atoms with Crippen molar-refractivity contribution in [3.05, 3.63) is 0 Å². The number of ether oxygens (including phenoxy) is 2. The third-order valence-corrected chi connectivity index (χ3v) is 5.22. The lowest BCUT2D eigenvalue weighted by molar-refractivity contribution is -0.150. The Morgan fingerprint density at radius 3 is 2.60 bits per heavy atom. The fourth-order valence-corrected chi connectivity index (χ4v) is 4.00. The number of hydrogen-bond donors (Lipinski definition) is 1. The van der Waals surface area contributed by atoms with E-state index in [4.69, 9.17) is 9.47 Å². The summed E-state index contributed by atoms with van der Waals surface area (Å²) in [5.41, 5.74) is 0.442. The summed E-state index contributed by atoms with van der Waals surface area (Å²) >= 11 is 0. The van der Waals surface area contributed by atoms with Gasteiger partial charge in [0.2, 0.25) is 0 Å². The van der Waals surface area contributed by atoms with E-state index in [0.29, 0.717) is 17.6 Å². The van der Waals surface area contributed by atoms with Crippen molar-refractivity contribution in [2.24, 2.45) is 5.41 Å². The predicted molar refractivity (Wildman–Crippen MR) is 83.1 cm³/mol. The van der Waals surface area contributed by atoms with Crippen molar-refractivity contribution < 1.29 is 9.47 Å². The average Bonchev–Trinajstić information content (AvgIpc) is 2.49. The van der Waals surface area contributed by atoms with E-state index < -0.39 is 0 Å². The molecule has 2 aliphatic carbocycles. The van der Waals surface area contributed by atoms with Crippen LogP contribution in [0.25, 0.3) is 0 Å². The van der Waals surface area contributed by atoms with Crippen LogP contribution in [0.4, 0.5) is 0 Å². The zero-order valence-corrected chi connectivity index (χ0v) is 13.5. The van der Waals surface area contributed by atoms with Crippen LogP contribution in [0.5, 0.6) is 0 Å². The van der Waals surface area contributed by atoms with Gasteiger partial charge in [0, 0.05) is 31.2 Å². The molecule has 1 N–H and O–H groups in total. The van der Waals surface area contributed by atoms with Crippen LogP contribution in [0.2, 0.25) is 0 Å². The summed E-state index contributed by atoms with van der Waals surface area (Å²) in [6.07, 6.45) is 11.0. The van der Waals surface area contributed by atoms with Crippen molar-refractivity contribution in [1.82, 2.24) is 5.32 Å². The molecule has 3 heteroatoms. The zero-order chi connectivity index (χ0) is 14.3. The van der Waals surface area contributed by atoms with Gasteiger partial charge in [0.05, 0.1) is 12.7 Å². The lowest BCUT2D eigenvalue weighted by atomic mass is 9.55. The van der Waals surface area contributed by atoms with Gasteiger partial charge in [-0.15, -0.1) is 0 Å². The van der Waals surface area contributed by atoms with Crippen molar-refractivity contribution in [3.8, 4) is 0 Å². The quantitative estimate of drug-likeness (QED) is 0.657. The molecule has 2 saturated carbocycles. The van der Waals surface area contributed by atoms with Gasteiger partial charge in [0.1, 0.15) is 0 Å². The summed E-state index contributed by atoms with van der Waals surface area (Å²) in [6.45, 7) is 7.95. The molecule has 2 atom stereocenters. The molecule has 0 amide bonds. The molecule has 2 aliphatic rings. The van der Waals surface area contributed by atoms with Gasteiger partial charge in [-0.1, -0.05) is 32.6 Å². The van der Waals surface area contributed by atoms with Crippen LogP contribution < -0.4 is 5.32 Å². The minimum absolute atomic E-state index is 0.442. The van der Waals surface area contributed by atoms with Crippen LogP contribution in [0, 0.1) is 5.41 Å². The van der Waals surface area contributed by atoms with Crippen molar-refractivity contribution in [3.63, 3.8) is 0 Å². The molecule has 118 valence electrons. The first-order valence-corrected chi connectivity index (χ1v) is 8.76. The molecular weight excluding hydrogens is 250 g/mol. The first kappa shape index (κ1) is 16.3. The smallest absolute Gasteiger partial charge is 0.0661 e. The third-order valence-electron chi connectivity index (χ3n) is 5.22. The maximum atomic E-state index is 5.99. The van der Waals surface area contributed by atoms with E-state index in [0.717, 1.165) is 26.4 Å². The SMILES string of the molecule is CCCCOCCNC1CC(OCC)C12CCCCC2. The maximum Gasteiger partial charge on any atom is 0.0661 e. The van der Waals surface area contributed by atoms with Crippen LogP contribution in [0.1, 0.15) is 65.2 Å². The molecule has 2 unspecified atom stereocenters. The molecule has 0 aromatic carbocycles. The van der Waals surface area contributed by atoms with E-state index in [2.05, 4.69) is 19.2 Å². The van der Waals surface area contributed by atoms with Gasteiger partial charge in [-0.25, -0.2) is 0 Å². The molecule has 20 heavy (non-hydrogen) atoms. The van der Waals surface area contributed by atoms with Crippen LogP contribution >= 0.6 is 0 Å². The van der Waals surface area contributed by atoms with E-state index in [9.17, 15) is 0 Å². The van der Waals surface area contributed by atoms with Gasteiger partial charge < -0.3 is 14.8 Å². The summed E-state index contributed by atoms with van der Waals surface area (Å²) in [4.78, 5) is 0. The standard InChI is InChI=1S/C17H33NO2/c1-3-5-12-19-13-11-18-15-14-16(20-4-2)17(15)9-7-6-8-10-17/h15-16,18H,3-14H2,1-2H3. The lowest BCUT2D eigenvalue weighted by Gasteiger charge is -2.58. The monoisotopic (exact) mass is 283 g/mol. The fraction of sp³-hybridized carbons (Fsp3) is 1.00. The summed E-state index contributed by atoms with van der Waals surface area (Å²) in [6, 6.07) is 0.661. The second-order valence-electron chi connectivity index (χ2n) is 6.45. The van der Waals surface area contributed by atoms with Crippen molar-refractivity contribution in [1.29, 1.82) is 0 Å². The predicted octanol–water partition coefficient (Wildman–Crippen LogP) is 3.52. The Morgan fingerprint density at radius 1 is 1.10 bits per heavy atom. The first-order chi connectivity index (χ1) is 9.83. The molecule has 0 aliphatic heterocycles. The van der Waals surface area contributed by atoms with Crippen molar-refractivity contribution in [2.75, 3.05) is 26.4 Å². The van der Waals surface area contributed by atoms with E-state index >= 15 is 0 Å². The Kier molecular flexibility index (Phi) is 6.79.